The van der Waals surface area contributed by atoms with Gasteiger partial charge in [-0.1, -0.05) is 6.07 Å². The minimum atomic E-state index is -0.560. The molecule has 1 amide bonds. The zero-order valence-corrected chi connectivity index (χ0v) is 13.0. The van der Waals surface area contributed by atoms with E-state index >= 15 is 0 Å². The third-order valence-corrected chi connectivity index (χ3v) is 2.98. The SMILES string of the molecule is Cc1nc2n(n1)-c1cccc(NC(=O)OC(C)(C)C)c1OC2. The highest BCUT2D eigenvalue weighted by atomic mass is 16.6. The van der Waals surface area contributed by atoms with Crippen LogP contribution in [0.1, 0.15) is 32.4 Å². The van der Waals surface area contributed by atoms with Crippen molar-refractivity contribution in [3.05, 3.63) is 29.8 Å². The summed E-state index contributed by atoms with van der Waals surface area (Å²) in [7, 11) is 0. The number of aromatic nitrogens is 3. The zero-order valence-electron chi connectivity index (χ0n) is 13.0. The summed E-state index contributed by atoms with van der Waals surface area (Å²) in [6, 6.07) is 5.45. The average molecular weight is 302 g/mol. The van der Waals surface area contributed by atoms with Crippen LogP contribution in [0, 0.1) is 6.92 Å². The molecule has 116 valence electrons. The number of anilines is 1. The van der Waals surface area contributed by atoms with Crippen molar-refractivity contribution in [2.24, 2.45) is 0 Å². The highest BCUT2D eigenvalue weighted by Gasteiger charge is 2.24. The molecule has 0 unspecified atom stereocenters. The molecule has 0 saturated carbocycles. The maximum absolute atomic E-state index is 11.9. The van der Waals surface area contributed by atoms with Crippen LogP contribution in [-0.4, -0.2) is 26.5 Å². The molecule has 1 aliphatic heterocycles. The molecule has 0 aliphatic carbocycles. The number of hydrogen-bond acceptors (Lipinski definition) is 5. The van der Waals surface area contributed by atoms with Crippen molar-refractivity contribution >= 4 is 11.8 Å². The quantitative estimate of drug-likeness (QED) is 0.876. The second-order valence-electron chi connectivity index (χ2n) is 6.06. The number of rotatable bonds is 1. The van der Waals surface area contributed by atoms with E-state index in [1.165, 1.54) is 0 Å². The number of carbonyl (C=O) groups excluding carboxylic acids is 1. The fourth-order valence-electron chi connectivity index (χ4n) is 2.24. The van der Waals surface area contributed by atoms with Gasteiger partial charge < -0.3 is 9.47 Å². The van der Waals surface area contributed by atoms with Crippen molar-refractivity contribution in [2.75, 3.05) is 5.32 Å². The molecule has 7 nitrogen and oxygen atoms in total. The van der Waals surface area contributed by atoms with Crippen LogP contribution in [0.5, 0.6) is 5.75 Å². The molecule has 1 N–H and O–H groups in total. The summed E-state index contributed by atoms with van der Waals surface area (Å²) in [4.78, 5) is 16.2. The first-order valence-electron chi connectivity index (χ1n) is 7.02. The van der Waals surface area contributed by atoms with E-state index in [9.17, 15) is 4.79 Å². The summed E-state index contributed by atoms with van der Waals surface area (Å²) in [5, 5.41) is 7.07. The van der Waals surface area contributed by atoms with Gasteiger partial charge in [0, 0.05) is 0 Å². The van der Waals surface area contributed by atoms with E-state index in [1.807, 2.05) is 39.8 Å². The van der Waals surface area contributed by atoms with Crippen molar-refractivity contribution in [1.82, 2.24) is 14.8 Å². The van der Waals surface area contributed by atoms with Gasteiger partial charge >= 0.3 is 6.09 Å². The molecule has 2 aromatic rings. The van der Waals surface area contributed by atoms with Gasteiger partial charge in [-0.3, -0.25) is 5.32 Å². The van der Waals surface area contributed by atoms with Crippen molar-refractivity contribution in [2.45, 2.75) is 39.9 Å². The Morgan fingerprint density at radius 3 is 2.91 bits per heavy atom. The van der Waals surface area contributed by atoms with Gasteiger partial charge in [0.2, 0.25) is 0 Å². The molecular formula is C15H18N4O3. The Bertz CT molecular complexity index is 731. The van der Waals surface area contributed by atoms with Crippen molar-refractivity contribution < 1.29 is 14.3 Å². The smallest absolute Gasteiger partial charge is 0.412 e. The Balaban J connectivity index is 1.91. The van der Waals surface area contributed by atoms with Crippen LogP contribution in [-0.2, 0) is 11.3 Å². The number of para-hydroxylation sites is 1. The van der Waals surface area contributed by atoms with E-state index in [0.717, 1.165) is 11.5 Å². The van der Waals surface area contributed by atoms with E-state index in [1.54, 1.807) is 10.7 Å². The Labute approximate surface area is 128 Å². The third kappa shape index (κ3) is 2.74. The van der Waals surface area contributed by atoms with Crippen LogP contribution in [0.15, 0.2) is 18.2 Å². The van der Waals surface area contributed by atoms with Crippen LogP contribution >= 0.6 is 0 Å². The molecule has 22 heavy (non-hydrogen) atoms. The number of fused-ring (bicyclic) bond motifs is 3. The Hall–Kier alpha value is -2.57. The topological polar surface area (TPSA) is 78.3 Å². The van der Waals surface area contributed by atoms with E-state index < -0.39 is 11.7 Å². The number of amides is 1. The zero-order chi connectivity index (χ0) is 15.9. The molecule has 7 heteroatoms. The Morgan fingerprint density at radius 2 is 2.18 bits per heavy atom. The second kappa shape index (κ2) is 5.01. The molecule has 0 atom stereocenters. The van der Waals surface area contributed by atoms with Gasteiger partial charge in [-0.25, -0.2) is 14.5 Å². The number of nitrogens with zero attached hydrogens (tertiary/aromatic N) is 3. The first-order valence-corrected chi connectivity index (χ1v) is 7.02. The van der Waals surface area contributed by atoms with Crippen molar-refractivity contribution in [3.63, 3.8) is 0 Å². The molecule has 1 aromatic carbocycles. The summed E-state index contributed by atoms with van der Waals surface area (Å²) >= 11 is 0. The summed E-state index contributed by atoms with van der Waals surface area (Å²) in [5.74, 6) is 1.97. The number of hydrogen-bond donors (Lipinski definition) is 1. The summed E-state index contributed by atoms with van der Waals surface area (Å²) in [6.07, 6.45) is -0.523. The van der Waals surface area contributed by atoms with Crippen LogP contribution < -0.4 is 10.1 Å². The van der Waals surface area contributed by atoms with E-state index in [2.05, 4.69) is 15.4 Å². The fraction of sp³-hybridized carbons (Fsp3) is 0.400. The van der Waals surface area contributed by atoms with E-state index in [0.29, 0.717) is 23.9 Å². The fourth-order valence-corrected chi connectivity index (χ4v) is 2.24. The number of benzene rings is 1. The molecule has 0 saturated heterocycles. The molecule has 3 rings (SSSR count). The molecule has 1 aromatic heterocycles. The summed E-state index contributed by atoms with van der Waals surface area (Å²) < 4.78 is 12.7. The van der Waals surface area contributed by atoms with Gasteiger partial charge in [-0.05, 0) is 39.8 Å². The van der Waals surface area contributed by atoms with Gasteiger partial charge in [0.05, 0.1) is 5.69 Å². The summed E-state index contributed by atoms with van der Waals surface area (Å²) in [5.41, 5.74) is 0.733. The first kappa shape index (κ1) is 14.4. The third-order valence-electron chi connectivity index (χ3n) is 2.98. The highest BCUT2D eigenvalue weighted by Crippen LogP contribution is 2.35. The van der Waals surface area contributed by atoms with Gasteiger partial charge in [-0.15, -0.1) is 0 Å². The first-order chi connectivity index (χ1) is 10.3. The molecule has 2 heterocycles. The number of ether oxygens (including phenoxy) is 2. The molecule has 0 spiro atoms. The van der Waals surface area contributed by atoms with Crippen LogP contribution in [0.25, 0.3) is 5.69 Å². The molecule has 0 bridgehead atoms. The largest absolute Gasteiger partial charge is 0.481 e. The van der Waals surface area contributed by atoms with Crippen LogP contribution in [0.2, 0.25) is 0 Å². The molecule has 0 fully saturated rings. The van der Waals surface area contributed by atoms with Gasteiger partial charge in [0.25, 0.3) is 0 Å². The predicted octanol–water partition coefficient (Wildman–Crippen LogP) is 2.82. The Kier molecular flexibility index (Phi) is 3.27. The Morgan fingerprint density at radius 1 is 1.41 bits per heavy atom. The van der Waals surface area contributed by atoms with E-state index in [4.69, 9.17) is 9.47 Å². The predicted molar refractivity (Wildman–Crippen MR) is 80.3 cm³/mol. The van der Waals surface area contributed by atoms with Crippen molar-refractivity contribution in [1.29, 1.82) is 0 Å². The number of carbonyl (C=O) groups is 1. The van der Waals surface area contributed by atoms with Gasteiger partial charge in [0.1, 0.15) is 23.7 Å². The molecule has 0 radical (unpaired) electrons. The lowest BCUT2D eigenvalue weighted by molar-refractivity contribution is 0.0635. The van der Waals surface area contributed by atoms with Gasteiger partial charge in [-0.2, -0.15) is 5.10 Å². The lowest BCUT2D eigenvalue weighted by atomic mass is 10.2. The number of aryl methyl sites for hydroxylation is 1. The monoisotopic (exact) mass is 302 g/mol. The molecule has 1 aliphatic rings. The minimum Gasteiger partial charge on any atom is -0.481 e. The number of nitrogens with one attached hydrogen (secondary N) is 1. The standard InChI is InChI=1S/C15H18N4O3/c1-9-16-12-8-21-13-10(17-14(20)22-15(2,3)4)6-5-7-11(13)19(12)18-9/h5-7H,8H2,1-4H3,(H,17,20). The lowest BCUT2D eigenvalue weighted by Gasteiger charge is -2.23. The second-order valence-corrected chi connectivity index (χ2v) is 6.06. The summed E-state index contributed by atoms with van der Waals surface area (Å²) in [6.45, 7) is 7.57. The normalized spacial score (nSPS) is 12.9. The average Bonchev–Trinajstić information content (AvgIpc) is 2.77. The maximum Gasteiger partial charge on any atom is 0.412 e. The van der Waals surface area contributed by atoms with Gasteiger partial charge in [0.15, 0.2) is 11.6 Å². The van der Waals surface area contributed by atoms with Crippen LogP contribution in [0.3, 0.4) is 0 Å². The van der Waals surface area contributed by atoms with Crippen LogP contribution in [0.4, 0.5) is 10.5 Å². The maximum atomic E-state index is 11.9. The molecular weight excluding hydrogens is 284 g/mol. The lowest BCUT2D eigenvalue weighted by Crippen LogP contribution is -2.27. The van der Waals surface area contributed by atoms with E-state index in [-0.39, 0.29) is 0 Å². The highest BCUT2D eigenvalue weighted by molar-refractivity contribution is 5.88. The minimum absolute atomic E-state index is 0.306. The van der Waals surface area contributed by atoms with Crippen molar-refractivity contribution in [3.8, 4) is 11.4 Å².